The molecule has 0 radical (unpaired) electrons. The van der Waals surface area contributed by atoms with E-state index >= 15 is 0 Å². The summed E-state index contributed by atoms with van der Waals surface area (Å²) in [6.45, 7) is 4.42. The summed E-state index contributed by atoms with van der Waals surface area (Å²) in [5.74, 6) is 3.88. The monoisotopic (exact) mass is 335 g/mol. The fourth-order valence-corrected chi connectivity index (χ4v) is 2.83. The SMILES string of the molecule is CCn1cc(C(=O)O)c(=O)c2cc(F)c(N3CCN(N)CC3)nc21. The number of aromatic carboxylic acids is 1. The Morgan fingerprint density at radius 2 is 2.04 bits per heavy atom. The van der Waals surface area contributed by atoms with E-state index in [-0.39, 0.29) is 16.9 Å². The first-order valence-corrected chi connectivity index (χ1v) is 7.64. The number of carbonyl (C=O) groups is 1. The van der Waals surface area contributed by atoms with E-state index in [2.05, 4.69) is 4.98 Å². The van der Waals surface area contributed by atoms with Gasteiger partial charge in [-0.3, -0.25) is 10.6 Å². The second-order valence-electron chi connectivity index (χ2n) is 5.65. The number of halogens is 1. The largest absolute Gasteiger partial charge is 0.477 e. The topological polar surface area (TPSA) is 105 Å². The minimum Gasteiger partial charge on any atom is -0.477 e. The predicted octanol–water partition coefficient (Wildman–Crippen LogP) is 0.249. The lowest BCUT2D eigenvalue weighted by atomic mass is 10.2. The zero-order valence-electron chi connectivity index (χ0n) is 13.2. The van der Waals surface area contributed by atoms with Crippen molar-refractivity contribution in [2.75, 3.05) is 31.1 Å². The Morgan fingerprint density at radius 3 is 2.62 bits per heavy atom. The van der Waals surface area contributed by atoms with Crippen molar-refractivity contribution in [2.45, 2.75) is 13.5 Å². The Morgan fingerprint density at radius 1 is 1.38 bits per heavy atom. The van der Waals surface area contributed by atoms with Crippen LogP contribution in [0, 0.1) is 5.82 Å². The second kappa shape index (κ2) is 6.17. The van der Waals surface area contributed by atoms with Crippen LogP contribution in [-0.2, 0) is 6.54 Å². The van der Waals surface area contributed by atoms with Gasteiger partial charge >= 0.3 is 5.97 Å². The Hall–Kier alpha value is -2.52. The first-order valence-electron chi connectivity index (χ1n) is 7.64. The average molecular weight is 335 g/mol. The molecule has 2 aromatic rings. The third kappa shape index (κ3) is 2.72. The zero-order chi connectivity index (χ0) is 17.4. The van der Waals surface area contributed by atoms with Gasteiger partial charge in [0.05, 0.1) is 5.39 Å². The lowest BCUT2D eigenvalue weighted by Gasteiger charge is -2.33. The summed E-state index contributed by atoms with van der Waals surface area (Å²) >= 11 is 0. The summed E-state index contributed by atoms with van der Waals surface area (Å²) in [7, 11) is 0. The average Bonchev–Trinajstić information content (AvgIpc) is 2.56. The molecule has 2 aromatic heterocycles. The molecule has 9 heteroatoms. The van der Waals surface area contributed by atoms with Gasteiger partial charge in [-0.05, 0) is 13.0 Å². The van der Waals surface area contributed by atoms with Crippen LogP contribution in [0.4, 0.5) is 10.2 Å². The third-order valence-corrected chi connectivity index (χ3v) is 4.17. The smallest absolute Gasteiger partial charge is 0.341 e. The van der Waals surface area contributed by atoms with Crippen molar-refractivity contribution in [2.24, 2.45) is 5.84 Å². The van der Waals surface area contributed by atoms with Crippen LogP contribution in [0.2, 0.25) is 0 Å². The Bertz CT molecular complexity index is 858. The third-order valence-electron chi connectivity index (χ3n) is 4.17. The lowest BCUT2D eigenvalue weighted by molar-refractivity contribution is 0.0695. The van der Waals surface area contributed by atoms with Gasteiger partial charge < -0.3 is 14.6 Å². The number of anilines is 1. The standard InChI is InChI=1S/C15H18FN5O3/c1-2-19-8-10(15(23)24)12(22)9-7-11(16)14(18-13(9)19)20-3-5-21(17)6-4-20/h7-8H,2-6,17H2,1H3,(H,23,24). The normalized spacial score (nSPS) is 15.9. The minimum atomic E-state index is -1.34. The van der Waals surface area contributed by atoms with E-state index in [0.717, 1.165) is 6.07 Å². The Balaban J connectivity index is 2.18. The van der Waals surface area contributed by atoms with Crippen LogP contribution in [-0.4, -0.2) is 51.8 Å². The molecule has 0 aromatic carbocycles. The van der Waals surface area contributed by atoms with Crippen LogP contribution < -0.4 is 16.2 Å². The highest BCUT2D eigenvalue weighted by Gasteiger charge is 2.22. The van der Waals surface area contributed by atoms with Gasteiger partial charge in [0.25, 0.3) is 0 Å². The number of carboxylic acid groups (broad SMARTS) is 1. The van der Waals surface area contributed by atoms with E-state index < -0.39 is 22.8 Å². The Kier molecular flexibility index (Phi) is 4.20. The first-order chi connectivity index (χ1) is 11.4. The molecular weight excluding hydrogens is 317 g/mol. The fourth-order valence-electron chi connectivity index (χ4n) is 2.83. The predicted molar refractivity (Wildman–Crippen MR) is 86.6 cm³/mol. The number of hydrogen-bond acceptors (Lipinski definition) is 6. The van der Waals surface area contributed by atoms with Crippen molar-refractivity contribution < 1.29 is 14.3 Å². The molecule has 0 spiro atoms. The molecule has 0 unspecified atom stereocenters. The number of piperazine rings is 1. The van der Waals surface area contributed by atoms with Gasteiger partial charge in [0, 0.05) is 38.9 Å². The molecule has 0 aliphatic carbocycles. The number of hydrazine groups is 1. The number of aromatic nitrogens is 2. The number of nitrogens with zero attached hydrogens (tertiary/aromatic N) is 4. The summed E-state index contributed by atoms with van der Waals surface area (Å²) in [5.41, 5.74) is -0.846. The van der Waals surface area contributed by atoms with Crippen molar-refractivity contribution in [3.8, 4) is 0 Å². The lowest BCUT2D eigenvalue weighted by Crippen LogP contribution is -2.49. The van der Waals surface area contributed by atoms with Crippen molar-refractivity contribution in [3.05, 3.63) is 33.9 Å². The van der Waals surface area contributed by atoms with Gasteiger partial charge in [-0.1, -0.05) is 0 Å². The fraction of sp³-hybridized carbons (Fsp3) is 0.400. The quantitative estimate of drug-likeness (QED) is 0.775. The second-order valence-corrected chi connectivity index (χ2v) is 5.65. The molecule has 3 heterocycles. The van der Waals surface area contributed by atoms with E-state index in [4.69, 9.17) is 10.9 Å². The number of fused-ring (bicyclic) bond motifs is 1. The molecule has 8 nitrogen and oxygen atoms in total. The van der Waals surface area contributed by atoms with Crippen LogP contribution in [0.5, 0.6) is 0 Å². The summed E-state index contributed by atoms with van der Waals surface area (Å²) in [4.78, 5) is 29.6. The molecule has 128 valence electrons. The van der Waals surface area contributed by atoms with Crippen molar-refractivity contribution in [1.82, 2.24) is 14.6 Å². The van der Waals surface area contributed by atoms with E-state index in [1.807, 2.05) is 0 Å². The van der Waals surface area contributed by atoms with Gasteiger partial charge in [0.15, 0.2) is 11.6 Å². The molecule has 1 aliphatic heterocycles. The summed E-state index contributed by atoms with van der Waals surface area (Å²) in [6.07, 6.45) is 1.25. The summed E-state index contributed by atoms with van der Waals surface area (Å²) in [5, 5.41) is 10.8. The highest BCUT2D eigenvalue weighted by Crippen LogP contribution is 2.22. The first kappa shape index (κ1) is 16.3. The maximum absolute atomic E-state index is 14.5. The maximum Gasteiger partial charge on any atom is 0.341 e. The van der Waals surface area contributed by atoms with Gasteiger partial charge in [-0.25, -0.2) is 19.2 Å². The molecule has 3 rings (SSSR count). The molecule has 1 fully saturated rings. The molecule has 0 bridgehead atoms. The van der Waals surface area contributed by atoms with Crippen LogP contribution in [0.15, 0.2) is 17.1 Å². The van der Waals surface area contributed by atoms with Gasteiger partial charge in [0.2, 0.25) is 5.43 Å². The maximum atomic E-state index is 14.5. The number of rotatable bonds is 3. The van der Waals surface area contributed by atoms with E-state index in [1.54, 1.807) is 21.4 Å². The van der Waals surface area contributed by atoms with Crippen molar-refractivity contribution in [3.63, 3.8) is 0 Å². The van der Waals surface area contributed by atoms with Gasteiger partial charge in [-0.15, -0.1) is 0 Å². The van der Waals surface area contributed by atoms with Crippen LogP contribution in [0.25, 0.3) is 11.0 Å². The number of pyridine rings is 2. The molecule has 1 saturated heterocycles. The molecule has 3 N–H and O–H groups in total. The number of aryl methyl sites for hydroxylation is 1. The Labute approximate surface area is 136 Å². The number of hydrogen-bond donors (Lipinski definition) is 2. The van der Waals surface area contributed by atoms with Crippen LogP contribution in [0.1, 0.15) is 17.3 Å². The van der Waals surface area contributed by atoms with Crippen molar-refractivity contribution >= 4 is 22.8 Å². The highest BCUT2D eigenvalue weighted by molar-refractivity contribution is 5.92. The van der Waals surface area contributed by atoms with E-state index in [9.17, 15) is 14.0 Å². The number of nitrogens with two attached hydrogens (primary N) is 1. The molecule has 0 saturated carbocycles. The molecule has 1 aliphatic rings. The zero-order valence-corrected chi connectivity index (χ0v) is 13.2. The summed E-state index contributed by atoms with van der Waals surface area (Å²) < 4.78 is 16.0. The molecule has 0 atom stereocenters. The van der Waals surface area contributed by atoms with E-state index in [1.165, 1.54) is 6.20 Å². The van der Waals surface area contributed by atoms with Crippen LogP contribution >= 0.6 is 0 Å². The number of carboxylic acids is 1. The minimum absolute atomic E-state index is 0.0320. The van der Waals surface area contributed by atoms with E-state index in [0.29, 0.717) is 32.7 Å². The van der Waals surface area contributed by atoms with Crippen molar-refractivity contribution in [1.29, 1.82) is 0 Å². The summed E-state index contributed by atoms with van der Waals surface area (Å²) in [6, 6.07) is 1.08. The van der Waals surface area contributed by atoms with Gasteiger partial charge in [-0.2, -0.15) is 0 Å². The molecule has 24 heavy (non-hydrogen) atoms. The molecular formula is C15H18FN5O3. The molecule has 0 amide bonds. The highest BCUT2D eigenvalue weighted by atomic mass is 19.1. The van der Waals surface area contributed by atoms with Gasteiger partial charge in [0.1, 0.15) is 11.2 Å². The van der Waals surface area contributed by atoms with Crippen LogP contribution in [0.3, 0.4) is 0 Å².